The number of carbonyl (C=O) groups excluding carboxylic acids is 3. The van der Waals surface area contributed by atoms with E-state index in [2.05, 4.69) is 15.5 Å². The van der Waals surface area contributed by atoms with E-state index in [4.69, 9.17) is 4.74 Å². The maximum absolute atomic E-state index is 13.5. The Kier molecular flexibility index (Phi) is 8.35. The number of amides is 4. The Balaban J connectivity index is 1.20. The molecule has 1 saturated carbocycles. The molecule has 5 rings (SSSR count). The van der Waals surface area contributed by atoms with Gasteiger partial charge in [0.05, 0.1) is 6.04 Å². The number of carbonyl (C=O) groups is 3. The summed E-state index contributed by atoms with van der Waals surface area (Å²) in [6.07, 6.45) is 5.39. The second kappa shape index (κ2) is 12.1. The van der Waals surface area contributed by atoms with Gasteiger partial charge in [-0.15, -0.1) is 0 Å². The predicted molar refractivity (Wildman–Crippen MR) is 151 cm³/mol. The van der Waals surface area contributed by atoms with Gasteiger partial charge >= 0.3 is 12.1 Å². The summed E-state index contributed by atoms with van der Waals surface area (Å²) < 4.78 is 5.63. The number of hydrogen-bond donors (Lipinski definition) is 2. The van der Waals surface area contributed by atoms with Crippen molar-refractivity contribution in [1.82, 2.24) is 14.7 Å². The van der Waals surface area contributed by atoms with Crippen LogP contribution in [-0.2, 0) is 9.53 Å². The highest BCUT2D eigenvalue weighted by atomic mass is 16.5. The van der Waals surface area contributed by atoms with Crippen LogP contribution in [0.1, 0.15) is 39.0 Å². The quantitative estimate of drug-likeness (QED) is 0.516. The van der Waals surface area contributed by atoms with E-state index >= 15 is 0 Å². The molecule has 2 aliphatic heterocycles. The van der Waals surface area contributed by atoms with Crippen LogP contribution in [0.15, 0.2) is 60.7 Å². The highest BCUT2D eigenvalue weighted by molar-refractivity contribution is 5.94. The van der Waals surface area contributed by atoms with Gasteiger partial charge in [0, 0.05) is 31.0 Å². The number of para-hydroxylation sites is 2. The summed E-state index contributed by atoms with van der Waals surface area (Å²) in [5.41, 5.74) is 1.95. The molecule has 208 valence electrons. The topological polar surface area (TPSA) is 94.2 Å². The third kappa shape index (κ3) is 6.89. The van der Waals surface area contributed by atoms with Crippen LogP contribution in [0.25, 0.3) is 0 Å². The van der Waals surface area contributed by atoms with Gasteiger partial charge in [0.1, 0.15) is 12.6 Å². The Labute approximate surface area is 230 Å². The largest absolute Gasteiger partial charge is 0.447 e. The monoisotopic (exact) mass is 533 g/mol. The fraction of sp³-hybridized carbons (Fsp3) is 0.500. The zero-order chi connectivity index (χ0) is 27.2. The van der Waals surface area contributed by atoms with Gasteiger partial charge in [0.25, 0.3) is 0 Å². The van der Waals surface area contributed by atoms with Crippen molar-refractivity contribution in [3.63, 3.8) is 0 Å². The number of benzene rings is 2. The van der Waals surface area contributed by atoms with E-state index in [0.29, 0.717) is 36.3 Å². The first-order valence-electron chi connectivity index (χ1n) is 14.1. The molecule has 0 radical (unpaired) electrons. The van der Waals surface area contributed by atoms with E-state index in [-0.39, 0.29) is 24.6 Å². The summed E-state index contributed by atoms with van der Waals surface area (Å²) in [5, 5.41) is 5.63. The number of nitrogens with one attached hydrogen (secondary N) is 2. The van der Waals surface area contributed by atoms with Gasteiger partial charge in [-0.3, -0.25) is 10.1 Å². The van der Waals surface area contributed by atoms with Gasteiger partial charge < -0.3 is 24.8 Å². The minimum absolute atomic E-state index is 0.102. The van der Waals surface area contributed by atoms with Crippen molar-refractivity contribution in [1.29, 1.82) is 0 Å². The fourth-order valence-corrected chi connectivity index (χ4v) is 5.69. The number of nitrogens with zero attached hydrogens (tertiary/aromatic N) is 3. The molecule has 9 heteroatoms. The van der Waals surface area contributed by atoms with E-state index in [0.717, 1.165) is 19.6 Å². The number of likely N-dealkylation sites (tertiary alicyclic amines) is 1. The van der Waals surface area contributed by atoms with Crippen LogP contribution in [-0.4, -0.2) is 84.1 Å². The van der Waals surface area contributed by atoms with E-state index in [1.165, 1.54) is 25.7 Å². The Hall–Kier alpha value is -3.59. The lowest BCUT2D eigenvalue weighted by Gasteiger charge is -2.43. The summed E-state index contributed by atoms with van der Waals surface area (Å²) in [4.78, 5) is 44.9. The number of hydrogen-bond acceptors (Lipinski definition) is 5. The molecule has 1 unspecified atom stereocenters. The van der Waals surface area contributed by atoms with E-state index < -0.39 is 12.1 Å². The lowest BCUT2D eigenvalue weighted by atomic mass is 9.93. The molecule has 3 aliphatic rings. The molecule has 2 N–H and O–H groups in total. The second-order valence-corrected chi connectivity index (χ2v) is 11.1. The lowest BCUT2D eigenvalue weighted by molar-refractivity contribution is -0.143. The van der Waals surface area contributed by atoms with Crippen molar-refractivity contribution >= 4 is 29.4 Å². The number of rotatable bonds is 8. The van der Waals surface area contributed by atoms with Gasteiger partial charge in [0.15, 0.2) is 0 Å². The van der Waals surface area contributed by atoms with Crippen molar-refractivity contribution in [2.24, 2.45) is 5.41 Å². The van der Waals surface area contributed by atoms with Gasteiger partial charge in [0.2, 0.25) is 5.91 Å². The third-order valence-corrected chi connectivity index (χ3v) is 8.50. The summed E-state index contributed by atoms with van der Waals surface area (Å²) in [6, 6.07) is 17.2. The van der Waals surface area contributed by atoms with Crippen molar-refractivity contribution in [2.75, 3.05) is 50.0 Å². The van der Waals surface area contributed by atoms with Crippen LogP contribution in [0.4, 0.5) is 21.0 Å². The molecule has 2 heterocycles. The highest BCUT2D eigenvalue weighted by Gasteiger charge is 2.44. The minimum atomic E-state index is -0.618. The molecule has 0 aromatic heterocycles. The van der Waals surface area contributed by atoms with E-state index in [1.54, 1.807) is 28.9 Å². The molecule has 4 amide bonds. The molecule has 2 aromatic carbocycles. The molecule has 0 bridgehead atoms. The zero-order valence-electron chi connectivity index (χ0n) is 22.7. The Morgan fingerprint density at radius 2 is 1.51 bits per heavy atom. The van der Waals surface area contributed by atoms with Crippen LogP contribution in [0, 0.1) is 5.41 Å². The highest BCUT2D eigenvalue weighted by Crippen LogP contribution is 2.53. The smallest absolute Gasteiger partial charge is 0.411 e. The summed E-state index contributed by atoms with van der Waals surface area (Å²) in [6.45, 7) is 5.68. The fourth-order valence-electron chi connectivity index (χ4n) is 5.69. The summed E-state index contributed by atoms with van der Waals surface area (Å²) in [7, 11) is 0. The maximum Gasteiger partial charge on any atom is 0.411 e. The van der Waals surface area contributed by atoms with Gasteiger partial charge in [-0.1, -0.05) is 36.4 Å². The average Bonchev–Trinajstić information content (AvgIpc) is 3.71. The maximum atomic E-state index is 13.5. The molecule has 1 aliphatic carbocycles. The lowest BCUT2D eigenvalue weighted by Crippen LogP contribution is -2.61. The molecule has 2 atom stereocenters. The first-order chi connectivity index (χ1) is 18.9. The molecule has 3 fully saturated rings. The SMILES string of the molecule is CC1C(=O)N([C@@H](CCN2CCC3(CC2)CC3)COC(=O)Nc2ccccc2)CCN1C(=O)Nc1ccccc1. The van der Waals surface area contributed by atoms with Crippen molar-refractivity contribution in [3.8, 4) is 0 Å². The number of piperazine rings is 1. The number of ether oxygens (including phenoxy) is 1. The molecule has 9 nitrogen and oxygen atoms in total. The van der Waals surface area contributed by atoms with Crippen LogP contribution < -0.4 is 10.6 Å². The third-order valence-electron chi connectivity index (χ3n) is 8.50. The standard InChI is InChI=1S/C30H39N5O4/c1-23-27(36)35(21-20-34(23)28(37)31-24-8-4-2-5-9-24)26(12-17-33-18-15-30(13-14-30)16-19-33)22-39-29(38)32-25-10-6-3-7-11-25/h2-11,23,26H,12-22H2,1H3,(H,31,37)(H,32,38)/t23?,26-/m0/s1. The molecular formula is C30H39N5O4. The average molecular weight is 534 g/mol. The van der Waals surface area contributed by atoms with Crippen LogP contribution >= 0.6 is 0 Å². The summed E-state index contributed by atoms with van der Waals surface area (Å²) >= 11 is 0. The minimum Gasteiger partial charge on any atom is -0.447 e. The second-order valence-electron chi connectivity index (χ2n) is 11.1. The van der Waals surface area contributed by atoms with Crippen LogP contribution in [0.3, 0.4) is 0 Å². The van der Waals surface area contributed by atoms with Gasteiger partial charge in [-0.25, -0.2) is 9.59 Å². The van der Waals surface area contributed by atoms with Crippen molar-refractivity contribution in [3.05, 3.63) is 60.7 Å². The van der Waals surface area contributed by atoms with Crippen LogP contribution in [0.2, 0.25) is 0 Å². The molecule has 1 spiro atoms. The Morgan fingerprint density at radius 1 is 0.897 bits per heavy atom. The van der Waals surface area contributed by atoms with Crippen LogP contribution in [0.5, 0.6) is 0 Å². The first-order valence-corrected chi connectivity index (χ1v) is 14.1. The molecular weight excluding hydrogens is 494 g/mol. The molecule has 39 heavy (non-hydrogen) atoms. The van der Waals surface area contributed by atoms with E-state index in [1.807, 2.05) is 48.5 Å². The van der Waals surface area contributed by atoms with E-state index in [9.17, 15) is 14.4 Å². The summed E-state index contributed by atoms with van der Waals surface area (Å²) in [5.74, 6) is -0.128. The van der Waals surface area contributed by atoms with Crippen molar-refractivity contribution in [2.45, 2.75) is 51.1 Å². The Morgan fingerprint density at radius 3 is 2.13 bits per heavy atom. The number of piperidine rings is 1. The zero-order valence-corrected chi connectivity index (χ0v) is 22.7. The van der Waals surface area contributed by atoms with Gasteiger partial charge in [-0.2, -0.15) is 0 Å². The first kappa shape index (κ1) is 27.0. The molecule has 2 saturated heterocycles. The van der Waals surface area contributed by atoms with Gasteiger partial charge in [-0.05, 0) is 81.8 Å². The van der Waals surface area contributed by atoms with Crippen molar-refractivity contribution < 1.29 is 19.1 Å². The number of urea groups is 1. The number of anilines is 2. The Bertz CT molecular complexity index is 1130. The predicted octanol–water partition coefficient (Wildman–Crippen LogP) is 4.63. The molecule has 2 aromatic rings. The normalized spacial score (nSPS) is 21.4.